The molecule has 1 aliphatic rings. The van der Waals surface area contributed by atoms with Gasteiger partial charge in [-0.25, -0.2) is 12.8 Å². The number of aliphatic imine (C=N–C) groups is 1. The highest BCUT2D eigenvalue weighted by Crippen LogP contribution is 2.13. The zero-order valence-electron chi connectivity index (χ0n) is 15.4. The minimum atomic E-state index is -3.43. The number of nitrogens with zero attached hydrogens (tertiary/aromatic N) is 4. The molecular formula is C17H23FIN5O3S. The van der Waals surface area contributed by atoms with Crippen LogP contribution in [0.1, 0.15) is 11.3 Å². The average Bonchev–Trinajstić information content (AvgIpc) is 3.16. The van der Waals surface area contributed by atoms with Gasteiger partial charge in [0.25, 0.3) is 0 Å². The van der Waals surface area contributed by atoms with Crippen LogP contribution < -0.4 is 5.32 Å². The first-order chi connectivity index (χ1) is 13.0. The van der Waals surface area contributed by atoms with E-state index in [-0.39, 0.29) is 35.5 Å². The van der Waals surface area contributed by atoms with Crippen LogP contribution in [0.5, 0.6) is 0 Å². The van der Waals surface area contributed by atoms with Gasteiger partial charge in [-0.1, -0.05) is 17.3 Å². The number of guanidine groups is 1. The lowest BCUT2D eigenvalue weighted by molar-refractivity contribution is 0.259. The number of hydrogen-bond donors (Lipinski definition) is 1. The van der Waals surface area contributed by atoms with Gasteiger partial charge >= 0.3 is 0 Å². The molecule has 0 bridgehead atoms. The van der Waals surface area contributed by atoms with E-state index in [0.717, 1.165) is 5.56 Å². The number of benzene rings is 1. The van der Waals surface area contributed by atoms with Crippen molar-refractivity contribution in [2.75, 3.05) is 33.2 Å². The Labute approximate surface area is 180 Å². The van der Waals surface area contributed by atoms with E-state index in [0.29, 0.717) is 44.4 Å². The fourth-order valence-corrected chi connectivity index (χ4v) is 4.31. The summed E-state index contributed by atoms with van der Waals surface area (Å²) < 4.78 is 44.1. The number of hydrogen-bond acceptors (Lipinski definition) is 5. The Bertz CT molecular complexity index is 867. The standard InChI is InChI=1S/C17H22FN5O3S.HI/c1-19-17(20-12-14-2-4-15(18)5-3-14)22-7-9-23(10-8-22)27(24,25)13-16-6-11-26-21-16;/h2-6,11H,7-10,12-13H2,1H3,(H,19,20);1H. The van der Waals surface area contributed by atoms with Crippen molar-refractivity contribution in [3.05, 3.63) is 53.7 Å². The van der Waals surface area contributed by atoms with Crippen LogP contribution in [-0.4, -0.2) is 62.0 Å². The van der Waals surface area contributed by atoms with Gasteiger partial charge in [-0.05, 0) is 17.7 Å². The smallest absolute Gasteiger partial charge is 0.220 e. The van der Waals surface area contributed by atoms with Crippen LogP contribution in [0.4, 0.5) is 4.39 Å². The third kappa shape index (κ3) is 5.88. The van der Waals surface area contributed by atoms with E-state index in [1.165, 1.54) is 22.7 Å². The number of sulfonamides is 1. The molecule has 0 atom stereocenters. The van der Waals surface area contributed by atoms with Crippen LogP contribution in [0.2, 0.25) is 0 Å². The predicted octanol–water partition coefficient (Wildman–Crippen LogP) is 1.65. The second-order valence-corrected chi connectivity index (χ2v) is 8.13. The van der Waals surface area contributed by atoms with Gasteiger partial charge in [-0.15, -0.1) is 24.0 Å². The maximum absolute atomic E-state index is 13.0. The molecule has 1 fully saturated rings. The molecule has 1 aliphatic heterocycles. The minimum Gasteiger partial charge on any atom is -0.364 e. The van der Waals surface area contributed by atoms with Crippen molar-refractivity contribution < 1.29 is 17.3 Å². The molecule has 0 unspecified atom stereocenters. The van der Waals surface area contributed by atoms with Gasteiger partial charge in [-0.2, -0.15) is 4.31 Å². The zero-order valence-corrected chi connectivity index (χ0v) is 18.6. The van der Waals surface area contributed by atoms with Gasteiger partial charge in [0.1, 0.15) is 17.8 Å². The van der Waals surface area contributed by atoms with E-state index >= 15 is 0 Å². The molecule has 1 N–H and O–H groups in total. The molecule has 0 amide bonds. The van der Waals surface area contributed by atoms with Crippen molar-refractivity contribution in [2.24, 2.45) is 4.99 Å². The molecule has 0 spiro atoms. The Balaban J connectivity index is 0.00000280. The Morgan fingerprint density at radius 3 is 2.46 bits per heavy atom. The van der Waals surface area contributed by atoms with Gasteiger partial charge in [0.05, 0.1) is 5.69 Å². The molecule has 1 aromatic carbocycles. The first-order valence-corrected chi connectivity index (χ1v) is 10.2. The normalized spacial score (nSPS) is 15.9. The van der Waals surface area contributed by atoms with Crippen LogP contribution in [-0.2, 0) is 22.3 Å². The van der Waals surface area contributed by atoms with Gasteiger partial charge in [0.15, 0.2) is 5.96 Å². The van der Waals surface area contributed by atoms with Gasteiger partial charge in [-0.3, -0.25) is 4.99 Å². The molecule has 0 aliphatic carbocycles. The van der Waals surface area contributed by atoms with E-state index in [2.05, 4.69) is 15.5 Å². The van der Waals surface area contributed by atoms with Crippen molar-refractivity contribution in [1.82, 2.24) is 19.7 Å². The molecule has 0 saturated carbocycles. The summed E-state index contributed by atoms with van der Waals surface area (Å²) in [6.45, 7) is 2.31. The number of aromatic nitrogens is 1. The van der Waals surface area contributed by atoms with Crippen molar-refractivity contribution in [2.45, 2.75) is 12.3 Å². The highest BCUT2D eigenvalue weighted by atomic mass is 127. The summed E-state index contributed by atoms with van der Waals surface area (Å²) in [6, 6.07) is 7.81. The largest absolute Gasteiger partial charge is 0.364 e. The van der Waals surface area contributed by atoms with Crippen LogP contribution >= 0.6 is 24.0 Å². The van der Waals surface area contributed by atoms with E-state index in [9.17, 15) is 12.8 Å². The van der Waals surface area contributed by atoms with Gasteiger partial charge < -0.3 is 14.7 Å². The number of rotatable bonds is 5. The lowest BCUT2D eigenvalue weighted by atomic mass is 10.2. The minimum absolute atomic E-state index is 0. The second-order valence-electron chi connectivity index (χ2n) is 6.16. The molecular weight excluding hydrogens is 500 g/mol. The highest BCUT2D eigenvalue weighted by molar-refractivity contribution is 14.0. The maximum Gasteiger partial charge on any atom is 0.220 e. The molecule has 2 aromatic rings. The molecule has 0 radical (unpaired) electrons. The fourth-order valence-electron chi connectivity index (χ4n) is 2.88. The van der Waals surface area contributed by atoms with Crippen LogP contribution in [0, 0.1) is 5.82 Å². The summed E-state index contributed by atoms with van der Waals surface area (Å²) in [5.74, 6) is 0.250. The van der Waals surface area contributed by atoms with Crippen molar-refractivity contribution in [1.29, 1.82) is 0 Å². The summed E-state index contributed by atoms with van der Waals surface area (Å²) in [5.41, 5.74) is 1.33. The number of piperazine rings is 1. The molecule has 1 aromatic heterocycles. The first kappa shape index (κ1) is 22.6. The monoisotopic (exact) mass is 523 g/mol. The average molecular weight is 523 g/mol. The zero-order chi connectivity index (χ0) is 19.3. The summed E-state index contributed by atoms with van der Waals surface area (Å²) in [6.07, 6.45) is 1.36. The Morgan fingerprint density at radius 2 is 1.89 bits per heavy atom. The maximum atomic E-state index is 13.0. The Kier molecular flexibility index (Phi) is 8.19. The third-order valence-corrected chi connectivity index (χ3v) is 6.14. The number of nitrogens with one attached hydrogen (secondary N) is 1. The summed E-state index contributed by atoms with van der Waals surface area (Å²) in [7, 11) is -1.75. The second kappa shape index (κ2) is 10.2. The molecule has 1 saturated heterocycles. The van der Waals surface area contributed by atoms with Crippen molar-refractivity contribution in [3.8, 4) is 0 Å². The lowest BCUT2D eigenvalue weighted by Gasteiger charge is -2.35. The Morgan fingerprint density at radius 1 is 1.21 bits per heavy atom. The van der Waals surface area contributed by atoms with Crippen molar-refractivity contribution >= 4 is 40.0 Å². The molecule has 2 heterocycles. The van der Waals surface area contributed by atoms with Crippen molar-refractivity contribution in [3.63, 3.8) is 0 Å². The molecule has 8 nitrogen and oxygen atoms in total. The molecule has 3 rings (SSSR count). The Hall–Kier alpha value is -1.73. The van der Waals surface area contributed by atoms with Crippen LogP contribution in [0.15, 0.2) is 46.1 Å². The first-order valence-electron chi connectivity index (χ1n) is 8.55. The van der Waals surface area contributed by atoms with Crippen LogP contribution in [0.3, 0.4) is 0 Å². The molecule has 28 heavy (non-hydrogen) atoms. The predicted molar refractivity (Wildman–Crippen MR) is 114 cm³/mol. The van der Waals surface area contributed by atoms with E-state index in [4.69, 9.17) is 4.52 Å². The lowest BCUT2D eigenvalue weighted by Crippen LogP contribution is -2.53. The van der Waals surface area contributed by atoms with Gasteiger partial charge in [0, 0.05) is 45.8 Å². The van der Waals surface area contributed by atoms with E-state index in [1.54, 1.807) is 25.2 Å². The fraction of sp³-hybridized carbons (Fsp3) is 0.412. The summed E-state index contributed by atoms with van der Waals surface area (Å²) >= 11 is 0. The van der Waals surface area contributed by atoms with Crippen LogP contribution in [0.25, 0.3) is 0 Å². The number of halogens is 2. The third-order valence-electron chi connectivity index (χ3n) is 4.33. The molecule has 154 valence electrons. The van der Waals surface area contributed by atoms with Gasteiger partial charge in [0.2, 0.25) is 10.0 Å². The summed E-state index contributed by atoms with van der Waals surface area (Å²) in [5, 5.41) is 6.90. The topological polar surface area (TPSA) is 91.0 Å². The summed E-state index contributed by atoms with van der Waals surface area (Å²) in [4.78, 5) is 6.26. The molecule has 11 heteroatoms. The van der Waals surface area contributed by atoms with E-state index in [1.807, 2.05) is 4.90 Å². The SMILES string of the molecule is CN=C(NCc1ccc(F)cc1)N1CCN(S(=O)(=O)Cc2ccon2)CC1.I. The highest BCUT2D eigenvalue weighted by Gasteiger charge is 2.28. The quantitative estimate of drug-likeness (QED) is 0.364. The van der Waals surface area contributed by atoms with E-state index < -0.39 is 10.0 Å².